The highest BCUT2D eigenvalue weighted by Gasteiger charge is 2.44. The molecule has 0 bridgehead atoms. The molecule has 0 unspecified atom stereocenters. The van der Waals surface area contributed by atoms with Crippen LogP contribution in [0.3, 0.4) is 0 Å². The number of benzene rings is 1. The summed E-state index contributed by atoms with van der Waals surface area (Å²) in [6, 6.07) is 8.77. The van der Waals surface area contributed by atoms with Gasteiger partial charge in [-0.15, -0.1) is 0 Å². The molecule has 2 atom stereocenters. The Morgan fingerprint density at radius 2 is 2.04 bits per heavy atom. The summed E-state index contributed by atoms with van der Waals surface area (Å²) in [6.45, 7) is 3.16. The molecule has 1 aliphatic rings. The van der Waals surface area contributed by atoms with Crippen molar-refractivity contribution in [3.05, 3.63) is 63.6 Å². The number of rotatable bonds is 4. The zero-order valence-electron chi connectivity index (χ0n) is 15.6. The molecule has 1 aromatic carbocycles. The molecule has 9 heteroatoms. The summed E-state index contributed by atoms with van der Waals surface area (Å²) in [4.78, 5) is 12.6. The lowest BCUT2D eigenvalue weighted by molar-refractivity contribution is -0.0643. The van der Waals surface area contributed by atoms with E-state index in [-0.39, 0.29) is 6.61 Å². The van der Waals surface area contributed by atoms with Gasteiger partial charge in [0.15, 0.2) is 0 Å². The quantitative estimate of drug-likeness (QED) is 0.763. The van der Waals surface area contributed by atoms with Crippen LogP contribution in [0.5, 0.6) is 5.75 Å². The smallest absolute Gasteiger partial charge is 0.264 e. The van der Waals surface area contributed by atoms with E-state index in [0.29, 0.717) is 22.4 Å². The van der Waals surface area contributed by atoms with Gasteiger partial charge in [0, 0.05) is 17.8 Å². The third-order valence-electron chi connectivity index (χ3n) is 4.58. The molecular weight excluding hydrogens is 384 g/mol. The van der Waals surface area contributed by atoms with Gasteiger partial charge in [-0.2, -0.15) is 13.7 Å². The van der Waals surface area contributed by atoms with Crippen LogP contribution in [0.4, 0.5) is 0 Å². The Morgan fingerprint density at radius 3 is 2.68 bits per heavy atom. The van der Waals surface area contributed by atoms with Crippen LogP contribution in [0.1, 0.15) is 36.6 Å². The summed E-state index contributed by atoms with van der Waals surface area (Å²) in [5, 5.41) is 20.2. The Kier molecular flexibility index (Phi) is 5.06. The fourth-order valence-corrected chi connectivity index (χ4v) is 3.52. The van der Waals surface area contributed by atoms with Crippen molar-refractivity contribution in [2.24, 2.45) is 0 Å². The molecule has 2 heterocycles. The Balaban J connectivity index is 2.14. The van der Waals surface area contributed by atoms with Crippen molar-refractivity contribution in [3.8, 4) is 11.8 Å². The number of ether oxygens (including phenoxy) is 1. The molecule has 3 rings (SSSR count). The van der Waals surface area contributed by atoms with Crippen LogP contribution in [-0.2, 0) is 20.9 Å². The van der Waals surface area contributed by atoms with Gasteiger partial charge in [-0.3, -0.25) is 8.98 Å². The summed E-state index contributed by atoms with van der Waals surface area (Å²) in [6.07, 6.45) is 1.29. The van der Waals surface area contributed by atoms with Crippen LogP contribution in [-0.4, -0.2) is 36.1 Å². The average Bonchev–Trinajstić information content (AvgIpc) is 2.61. The van der Waals surface area contributed by atoms with Crippen molar-refractivity contribution in [3.63, 3.8) is 0 Å². The maximum absolute atomic E-state index is 12.6. The van der Waals surface area contributed by atoms with Gasteiger partial charge in [0.2, 0.25) is 0 Å². The summed E-state index contributed by atoms with van der Waals surface area (Å²) < 4.78 is 34.5. The highest BCUT2D eigenvalue weighted by Crippen LogP contribution is 2.41. The molecule has 2 aromatic rings. The number of nitrogens with zero attached hydrogens (tertiary/aromatic N) is 2. The largest absolute Gasteiger partial charge is 0.485 e. The minimum Gasteiger partial charge on any atom is -0.485 e. The molecule has 148 valence electrons. The van der Waals surface area contributed by atoms with Gasteiger partial charge < -0.3 is 14.4 Å². The van der Waals surface area contributed by atoms with Crippen LogP contribution in [0.15, 0.2) is 41.3 Å². The zero-order chi connectivity index (χ0) is 20.7. The van der Waals surface area contributed by atoms with Gasteiger partial charge in [-0.1, -0.05) is 0 Å². The Bertz CT molecular complexity index is 1110. The van der Waals surface area contributed by atoms with Crippen molar-refractivity contribution >= 4 is 10.1 Å². The van der Waals surface area contributed by atoms with E-state index >= 15 is 0 Å². The first-order valence-electron chi connectivity index (χ1n) is 8.48. The maximum Gasteiger partial charge on any atom is 0.264 e. The second-order valence-corrected chi connectivity index (χ2v) is 8.85. The monoisotopic (exact) mass is 404 g/mol. The summed E-state index contributed by atoms with van der Waals surface area (Å²) >= 11 is 0. The number of aromatic nitrogens is 1. The van der Waals surface area contributed by atoms with Crippen LogP contribution < -0.4 is 10.3 Å². The zero-order valence-corrected chi connectivity index (χ0v) is 16.4. The summed E-state index contributed by atoms with van der Waals surface area (Å²) in [7, 11) is -3.65. The molecule has 0 amide bonds. The Labute approximate surface area is 162 Å². The topological polar surface area (TPSA) is 119 Å². The van der Waals surface area contributed by atoms with E-state index in [4.69, 9.17) is 8.92 Å². The van der Waals surface area contributed by atoms with Gasteiger partial charge >= 0.3 is 0 Å². The highest BCUT2D eigenvalue weighted by molar-refractivity contribution is 7.85. The lowest BCUT2D eigenvalue weighted by Crippen LogP contribution is -2.52. The summed E-state index contributed by atoms with van der Waals surface area (Å²) in [5.74, 6) is 0.462. The van der Waals surface area contributed by atoms with Crippen LogP contribution >= 0.6 is 0 Å². The molecule has 8 nitrogen and oxygen atoms in total. The molecule has 28 heavy (non-hydrogen) atoms. The van der Waals surface area contributed by atoms with E-state index in [1.165, 1.54) is 22.9 Å². The Hall–Kier alpha value is -2.67. The van der Waals surface area contributed by atoms with E-state index in [9.17, 15) is 23.6 Å². The van der Waals surface area contributed by atoms with Crippen molar-refractivity contribution in [1.82, 2.24) is 4.57 Å². The molecule has 1 N–H and O–H groups in total. The van der Waals surface area contributed by atoms with E-state index < -0.39 is 33.4 Å². The predicted molar refractivity (Wildman–Crippen MR) is 100 cm³/mol. The standard InChI is InChI=1S/C19H20N2O6S/c1-19(2)18(23)17(14-8-12(9-20)4-6-15(14)27-19)21-10-13(5-7-16(21)22)11-26-28(3,24)25/h4-8,10,17-18,23H,11H2,1-3H3/t17-,18+/m1/s1. The lowest BCUT2D eigenvalue weighted by atomic mass is 9.85. The molecule has 0 radical (unpaired) electrons. The van der Waals surface area contributed by atoms with Gasteiger partial charge in [-0.05, 0) is 43.7 Å². The maximum atomic E-state index is 12.6. The van der Waals surface area contributed by atoms with Crippen LogP contribution in [0, 0.1) is 11.3 Å². The van der Waals surface area contributed by atoms with E-state index in [1.54, 1.807) is 32.0 Å². The normalized spacial score (nSPS) is 20.7. The number of hydrogen-bond donors (Lipinski definition) is 1. The van der Waals surface area contributed by atoms with Crippen molar-refractivity contribution in [2.45, 2.75) is 38.2 Å². The SMILES string of the molecule is CC1(C)Oc2ccc(C#N)cc2[C@@H](n2cc(COS(C)(=O)=O)ccc2=O)[C@@H]1O. The lowest BCUT2D eigenvalue weighted by Gasteiger charge is -2.42. The average molecular weight is 404 g/mol. The second kappa shape index (κ2) is 7.05. The Morgan fingerprint density at radius 1 is 1.32 bits per heavy atom. The highest BCUT2D eigenvalue weighted by atomic mass is 32.2. The summed E-state index contributed by atoms with van der Waals surface area (Å²) in [5.41, 5.74) is -0.0828. The van der Waals surface area contributed by atoms with Gasteiger partial charge in [0.05, 0.1) is 30.5 Å². The van der Waals surface area contributed by atoms with E-state index in [0.717, 1.165) is 6.26 Å². The first kappa shape index (κ1) is 20.1. The molecule has 1 aliphatic heterocycles. The van der Waals surface area contributed by atoms with Crippen molar-refractivity contribution in [2.75, 3.05) is 6.26 Å². The van der Waals surface area contributed by atoms with Gasteiger partial charge in [-0.25, -0.2) is 0 Å². The molecular formula is C19H20N2O6S. The molecule has 0 spiro atoms. The number of pyridine rings is 1. The number of nitriles is 1. The van der Waals surface area contributed by atoms with Gasteiger partial charge in [0.25, 0.3) is 15.7 Å². The fraction of sp³-hybridized carbons (Fsp3) is 0.368. The van der Waals surface area contributed by atoms with Crippen LogP contribution in [0.25, 0.3) is 0 Å². The third-order valence-corrected chi connectivity index (χ3v) is 5.13. The number of hydrogen-bond acceptors (Lipinski definition) is 7. The number of aliphatic hydroxyl groups excluding tert-OH is 1. The van der Waals surface area contributed by atoms with E-state index in [2.05, 4.69) is 0 Å². The van der Waals surface area contributed by atoms with E-state index in [1.807, 2.05) is 6.07 Å². The minimum atomic E-state index is -3.65. The number of fused-ring (bicyclic) bond motifs is 1. The molecule has 0 saturated carbocycles. The predicted octanol–water partition coefficient (Wildman–Crippen LogP) is 1.32. The van der Waals surface area contributed by atoms with Crippen molar-refractivity contribution < 1.29 is 22.4 Å². The van der Waals surface area contributed by atoms with Crippen LogP contribution in [0.2, 0.25) is 0 Å². The first-order valence-corrected chi connectivity index (χ1v) is 10.3. The second-order valence-electron chi connectivity index (χ2n) is 7.21. The molecule has 0 aliphatic carbocycles. The fourth-order valence-electron chi connectivity index (χ4n) is 3.17. The molecule has 1 aromatic heterocycles. The van der Waals surface area contributed by atoms with Crippen molar-refractivity contribution in [1.29, 1.82) is 5.26 Å². The number of aliphatic hydroxyl groups is 1. The first-order chi connectivity index (χ1) is 13.0. The third kappa shape index (κ3) is 3.94. The molecule has 0 saturated heterocycles. The van der Waals surface area contributed by atoms with Gasteiger partial charge in [0.1, 0.15) is 17.5 Å². The minimum absolute atomic E-state index is 0.243. The molecule has 0 fully saturated rings.